The zero-order chi connectivity index (χ0) is 21.5. The first-order chi connectivity index (χ1) is 15.0. The van der Waals surface area contributed by atoms with Crippen LogP contribution in [0.5, 0.6) is 11.8 Å². The van der Waals surface area contributed by atoms with Gasteiger partial charge in [0, 0.05) is 25.9 Å². The van der Waals surface area contributed by atoms with Crippen LogP contribution in [-0.2, 0) is 20.7 Å². The number of nitrogens with zero attached hydrogens (tertiary/aromatic N) is 5. The summed E-state index contributed by atoms with van der Waals surface area (Å²) in [4.78, 5) is 0. The molecule has 31 heavy (non-hydrogen) atoms. The first kappa shape index (κ1) is 19.4. The van der Waals surface area contributed by atoms with Crippen molar-refractivity contribution in [3.05, 3.63) is 41.3 Å². The Morgan fingerprint density at radius 1 is 1.19 bits per heavy atom. The van der Waals surface area contributed by atoms with E-state index < -0.39 is 0 Å². The smallest absolute Gasteiger partial charge is 0.219 e. The largest absolute Gasteiger partial charge is 0.477 e. The second-order valence-corrected chi connectivity index (χ2v) is 7.70. The minimum absolute atomic E-state index is 0.0861. The SMILES string of the molecule is C[C@H]1CCOc2c(c(CO)nn2C)/C=C/c2n[nH]c3ccc(cc23)-c2cnn(C)c2O1. The van der Waals surface area contributed by atoms with Crippen molar-refractivity contribution in [2.75, 3.05) is 6.61 Å². The lowest BCUT2D eigenvalue weighted by Gasteiger charge is -2.17. The van der Waals surface area contributed by atoms with E-state index in [1.54, 1.807) is 16.4 Å². The molecule has 1 aromatic carbocycles. The van der Waals surface area contributed by atoms with Crippen molar-refractivity contribution in [3.8, 4) is 22.9 Å². The average molecular weight is 420 g/mol. The van der Waals surface area contributed by atoms with Gasteiger partial charge in [-0.15, -0.1) is 0 Å². The van der Waals surface area contributed by atoms with Crippen molar-refractivity contribution >= 4 is 23.1 Å². The lowest BCUT2D eigenvalue weighted by atomic mass is 10.1. The Morgan fingerprint density at radius 3 is 2.90 bits per heavy atom. The van der Waals surface area contributed by atoms with Crippen LogP contribution in [0.15, 0.2) is 24.4 Å². The molecule has 4 aromatic rings. The first-order valence-electron chi connectivity index (χ1n) is 10.2. The molecular formula is C22H24N6O3. The number of fused-ring (bicyclic) bond motifs is 4. The number of aliphatic hydroxyl groups is 1. The number of hydrogen-bond donors (Lipinski definition) is 2. The van der Waals surface area contributed by atoms with Crippen LogP contribution in [0.4, 0.5) is 0 Å². The third-order valence-corrected chi connectivity index (χ3v) is 5.53. The zero-order valence-electron chi connectivity index (χ0n) is 17.7. The number of nitrogens with one attached hydrogen (secondary N) is 1. The molecule has 0 saturated heterocycles. The Labute approximate surface area is 178 Å². The van der Waals surface area contributed by atoms with Crippen LogP contribution < -0.4 is 9.47 Å². The van der Waals surface area contributed by atoms with Crippen molar-refractivity contribution < 1.29 is 14.6 Å². The Morgan fingerprint density at radius 2 is 2.06 bits per heavy atom. The van der Waals surface area contributed by atoms with Crippen LogP contribution in [0.1, 0.15) is 30.3 Å². The van der Waals surface area contributed by atoms with Crippen LogP contribution in [0.25, 0.3) is 34.2 Å². The van der Waals surface area contributed by atoms with Gasteiger partial charge in [0.05, 0.1) is 47.4 Å². The van der Waals surface area contributed by atoms with E-state index in [0.717, 1.165) is 33.3 Å². The van der Waals surface area contributed by atoms with Crippen LogP contribution >= 0.6 is 0 Å². The van der Waals surface area contributed by atoms with E-state index >= 15 is 0 Å². The highest BCUT2D eigenvalue weighted by atomic mass is 16.5. The van der Waals surface area contributed by atoms with E-state index in [4.69, 9.17) is 9.47 Å². The summed E-state index contributed by atoms with van der Waals surface area (Å²) in [5.74, 6) is 1.32. The Bertz CT molecular complexity index is 1280. The highest BCUT2D eigenvalue weighted by molar-refractivity contribution is 5.93. The minimum Gasteiger partial charge on any atom is -0.477 e. The molecule has 160 valence electrons. The molecule has 1 aliphatic heterocycles. The number of rotatable bonds is 1. The third kappa shape index (κ3) is 3.36. The fourth-order valence-corrected chi connectivity index (χ4v) is 3.86. The van der Waals surface area contributed by atoms with Crippen LogP contribution in [0.2, 0.25) is 0 Å². The Balaban J connectivity index is 1.68. The van der Waals surface area contributed by atoms with Gasteiger partial charge in [-0.25, -0.2) is 9.36 Å². The van der Waals surface area contributed by atoms with Gasteiger partial charge < -0.3 is 14.6 Å². The van der Waals surface area contributed by atoms with Gasteiger partial charge in [-0.1, -0.05) is 6.07 Å². The summed E-state index contributed by atoms with van der Waals surface area (Å²) in [5.41, 5.74) is 4.94. The summed E-state index contributed by atoms with van der Waals surface area (Å²) in [6.45, 7) is 2.28. The van der Waals surface area contributed by atoms with Gasteiger partial charge in [-0.2, -0.15) is 15.3 Å². The normalized spacial score (nSPS) is 17.4. The van der Waals surface area contributed by atoms with Gasteiger partial charge in [0.2, 0.25) is 11.8 Å². The molecule has 0 spiro atoms. The molecule has 1 atom stereocenters. The molecule has 9 nitrogen and oxygen atoms in total. The van der Waals surface area contributed by atoms with Gasteiger partial charge in [0.25, 0.3) is 0 Å². The predicted molar refractivity (Wildman–Crippen MR) is 117 cm³/mol. The highest BCUT2D eigenvalue weighted by Crippen LogP contribution is 2.34. The quantitative estimate of drug-likeness (QED) is 0.491. The maximum atomic E-state index is 9.77. The third-order valence-electron chi connectivity index (χ3n) is 5.53. The van der Waals surface area contributed by atoms with Gasteiger partial charge in [0.15, 0.2) is 0 Å². The second kappa shape index (κ2) is 7.59. The lowest BCUT2D eigenvalue weighted by molar-refractivity contribution is 0.161. The van der Waals surface area contributed by atoms with E-state index in [-0.39, 0.29) is 12.7 Å². The van der Waals surface area contributed by atoms with Gasteiger partial charge >= 0.3 is 0 Å². The summed E-state index contributed by atoms with van der Waals surface area (Å²) in [7, 11) is 3.68. The molecule has 0 unspecified atom stereocenters. The Hall–Kier alpha value is -3.59. The zero-order valence-corrected chi connectivity index (χ0v) is 17.7. The van der Waals surface area contributed by atoms with Crippen LogP contribution in [0, 0.1) is 0 Å². The van der Waals surface area contributed by atoms with Crippen molar-refractivity contribution in [1.82, 2.24) is 29.8 Å². The molecule has 5 rings (SSSR count). The molecule has 0 radical (unpaired) electrons. The number of aliphatic hydroxyl groups excluding tert-OH is 1. The predicted octanol–water partition coefficient (Wildman–Crippen LogP) is 2.91. The standard InChI is InChI=1S/C22H24N6O3/c1-13-8-9-30-21-15(20(12-29)26-28(21)3)5-7-19-16-10-14(4-6-18(16)24-25-19)17-11-23-27(2)22(17)31-13/h4-7,10-11,13,29H,8-9,12H2,1-3H3,(H,24,25)/b7-5+/t13-/m0/s1. The number of H-pyrrole nitrogens is 1. The molecule has 2 N–H and O–H groups in total. The molecule has 3 aromatic heterocycles. The van der Waals surface area contributed by atoms with Gasteiger partial charge in [-0.05, 0) is 36.8 Å². The van der Waals surface area contributed by atoms with E-state index in [2.05, 4.69) is 26.5 Å². The second-order valence-electron chi connectivity index (χ2n) is 7.70. The number of ether oxygens (including phenoxy) is 2. The highest BCUT2D eigenvalue weighted by Gasteiger charge is 2.19. The molecule has 2 bridgehead atoms. The van der Waals surface area contributed by atoms with E-state index in [1.807, 2.05) is 44.5 Å². The number of aromatic amines is 1. The minimum atomic E-state index is -0.176. The molecule has 9 heteroatoms. The van der Waals surface area contributed by atoms with Crippen molar-refractivity contribution in [2.45, 2.75) is 26.1 Å². The molecule has 0 aliphatic carbocycles. The maximum absolute atomic E-state index is 9.77. The van der Waals surface area contributed by atoms with Gasteiger partial charge in [0.1, 0.15) is 6.10 Å². The molecule has 0 amide bonds. The number of benzene rings is 1. The molecule has 4 heterocycles. The fraction of sp³-hybridized carbons (Fsp3) is 0.318. The molecule has 0 fully saturated rings. The van der Waals surface area contributed by atoms with Crippen LogP contribution in [-0.4, -0.2) is 47.6 Å². The van der Waals surface area contributed by atoms with E-state index in [0.29, 0.717) is 30.5 Å². The maximum Gasteiger partial charge on any atom is 0.219 e. The van der Waals surface area contributed by atoms with E-state index in [9.17, 15) is 5.11 Å². The number of hydrogen-bond acceptors (Lipinski definition) is 6. The summed E-state index contributed by atoms with van der Waals surface area (Å²) >= 11 is 0. The topological polar surface area (TPSA) is 103 Å². The molecule has 0 saturated carbocycles. The lowest BCUT2D eigenvalue weighted by Crippen LogP contribution is -2.18. The Kier molecular flexibility index (Phi) is 4.74. The number of aromatic nitrogens is 6. The van der Waals surface area contributed by atoms with Gasteiger partial charge in [-0.3, -0.25) is 5.10 Å². The molecule has 1 aliphatic rings. The summed E-state index contributed by atoms with van der Waals surface area (Å²) in [6.07, 6.45) is 6.22. The van der Waals surface area contributed by atoms with Crippen LogP contribution in [0.3, 0.4) is 0 Å². The fourth-order valence-electron chi connectivity index (χ4n) is 3.86. The summed E-state index contributed by atoms with van der Waals surface area (Å²) in [6, 6.07) is 6.12. The average Bonchev–Trinajstić information content (AvgIpc) is 3.42. The van der Waals surface area contributed by atoms with Crippen molar-refractivity contribution in [3.63, 3.8) is 0 Å². The molecular weight excluding hydrogens is 396 g/mol. The monoisotopic (exact) mass is 420 g/mol. The number of aryl methyl sites for hydroxylation is 2. The summed E-state index contributed by atoms with van der Waals surface area (Å²) < 4.78 is 15.7. The summed E-state index contributed by atoms with van der Waals surface area (Å²) in [5, 5.41) is 27.1. The van der Waals surface area contributed by atoms with Crippen molar-refractivity contribution in [2.24, 2.45) is 14.1 Å². The van der Waals surface area contributed by atoms with Crippen molar-refractivity contribution in [1.29, 1.82) is 0 Å². The first-order valence-corrected chi connectivity index (χ1v) is 10.2. The van der Waals surface area contributed by atoms with E-state index in [1.165, 1.54) is 0 Å².